The molecule has 0 fully saturated rings. The molecule has 0 unspecified atom stereocenters. The minimum atomic E-state index is -0.313. The molecule has 5 rings (SSSR count). The number of carbonyl (C=O) groups excluding carboxylic acids is 1. The predicted molar refractivity (Wildman–Crippen MR) is 129 cm³/mol. The minimum Gasteiger partial charge on any atom is -0.337 e. The van der Waals surface area contributed by atoms with Crippen LogP contribution in [0.2, 0.25) is 5.02 Å². The second-order valence-corrected chi connectivity index (χ2v) is 8.37. The van der Waals surface area contributed by atoms with Gasteiger partial charge in [0, 0.05) is 11.8 Å². The fourth-order valence-corrected chi connectivity index (χ4v) is 4.11. The third-order valence-electron chi connectivity index (χ3n) is 5.56. The molecule has 0 spiro atoms. The minimum absolute atomic E-state index is 0.0845. The Hall–Kier alpha value is -3.98. The zero-order valence-electron chi connectivity index (χ0n) is 18.6. The molecule has 1 N–H and O–H groups in total. The van der Waals surface area contributed by atoms with Crippen molar-refractivity contribution < 1.29 is 9.32 Å². The largest absolute Gasteiger partial charge is 0.337 e. The zero-order chi connectivity index (χ0) is 23.8. The van der Waals surface area contributed by atoms with E-state index in [1.54, 1.807) is 28.8 Å². The molecule has 10 heteroatoms. The molecule has 3 aromatic heterocycles. The molecule has 3 heterocycles. The van der Waals surface area contributed by atoms with Crippen LogP contribution in [0.15, 0.2) is 58.1 Å². The maximum absolute atomic E-state index is 13.5. The van der Waals surface area contributed by atoms with Crippen molar-refractivity contribution in [1.29, 1.82) is 0 Å². The van der Waals surface area contributed by atoms with Crippen molar-refractivity contribution in [2.75, 3.05) is 5.32 Å². The molecule has 0 saturated carbocycles. The van der Waals surface area contributed by atoms with E-state index in [0.29, 0.717) is 39.9 Å². The number of fused-ring (bicyclic) bond motifs is 3. The van der Waals surface area contributed by atoms with Crippen LogP contribution in [0.3, 0.4) is 0 Å². The monoisotopic (exact) mass is 476 g/mol. The van der Waals surface area contributed by atoms with Crippen molar-refractivity contribution in [2.45, 2.75) is 33.4 Å². The third kappa shape index (κ3) is 3.94. The average Bonchev–Trinajstić information content (AvgIpc) is 3.40. The van der Waals surface area contributed by atoms with Crippen LogP contribution in [-0.2, 0) is 24.3 Å². The van der Waals surface area contributed by atoms with Gasteiger partial charge >= 0.3 is 0 Å². The maximum atomic E-state index is 13.5. The maximum Gasteiger partial charge on any atom is 0.278 e. The van der Waals surface area contributed by atoms with Gasteiger partial charge in [-0.2, -0.15) is 4.98 Å². The Bertz CT molecular complexity index is 1600. The molecule has 0 saturated heterocycles. The second kappa shape index (κ2) is 8.75. The van der Waals surface area contributed by atoms with Crippen LogP contribution in [0.25, 0.3) is 21.9 Å². The lowest BCUT2D eigenvalue weighted by Crippen LogP contribution is -2.25. The molecule has 9 nitrogen and oxygen atoms in total. The molecular weight excluding hydrogens is 456 g/mol. The summed E-state index contributed by atoms with van der Waals surface area (Å²) in [6, 6.07) is 12.8. The number of rotatable bonds is 6. The summed E-state index contributed by atoms with van der Waals surface area (Å²) in [5.41, 5.74) is 2.82. The first-order valence-electron chi connectivity index (χ1n) is 10.8. The average molecular weight is 477 g/mol. The molecule has 0 atom stereocenters. The van der Waals surface area contributed by atoms with E-state index in [1.807, 2.05) is 32.0 Å². The Morgan fingerprint density at radius 3 is 2.79 bits per heavy atom. The standard InChI is InChI=1S/C24H21ClN6O3/c1-3-19-28-21(34-29-19)12-30-13-26-22-15-10-14(2)8-9-18(15)31(23(22)24(30)33)11-20(32)27-17-7-5-4-6-16(17)25/h4-10,13H,3,11-12H2,1-2H3,(H,27,32). The van der Waals surface area contributed by atoms with Crippen molar-refractivity contribution >= 4 is 45.1 Å². The Morgan fingerprint density at radius 1 is 1.21 bits per heavy atom. The third-order valence-corrected chi connectivity index (χ3v) is 5.89. The normalized spacial score (nSPS) is 11.4. The molecule has 172 valence electrons. The lowest BCUT2D eigenvalue weighted by molar-refractivity contribution is -0.116. The first-order chi connectivity index (χ1) is 16.4. The summed E-state index contributed by atoms with van der Waals surface area (Å²) >= 11 is 6.19. The van der Waals surface area contributed by atoms with E-state index in [9.17, 15) is 9.59 Å². The van der Waals surface area contributed by atoms with Crippen LogP contribution in [0.4, 0.5) is 5.69 Å². The molecule has 34 heavy (non-hydrogen) atoms. The van der Waals surface area contributed by atoms with Crippen molar-refractivity contribution in [1.82, 2.24) is 24.3 Å². The Labute approximate surface area is 199 Å². The highest BCUT2D eigenvalue weighted by molar-refractivity contribution is 6.33. The number of hydrogen-bond donors (Lipinski definition) is 1. The predicted octanol–water partition coefficient (Wildman–Crippen LogP) is 3.95. The Kier molecular flexibility index (Phi) is 5.62. The van der Waals surface area contributed by atoms with Gasteiger partial charge in [0.2, 0.25) is 11.8 Å². The lowest BCUT2D eigenvalue weighted by Gasteiger charge is -2.10. The highest BCUT2D eigenvalue weighted by Crippen LogP contribution is 2.27. The van der Waals surface area contributed by atoms with E-state index in [0.717, 1.165) is 16.5 Å². The van der Waals surface area contributed by atoms with Crippen LogP contribution in [0.5, 0.6) is 0 Å². The van der Waals surface area contributed by atoms with E-state index in [1.165, 1.54) is 10.9 Å². The summed E-state index contributed by atoms with van der Waals surface area (Å²) in [6.07, 6.45) is 2.10. The first-order valence-corrected chi connectivity index (χ1v) is 11.2. The van der Waals surface area contributed by atoms with Crippen LogP contribution in [0.1, 0.15) is 24.2 Å². The molecule has 0 aliphatic rings. The summed E-state index contributed by atoms with van der Waals surface area (Å²) in [5.74, 6) is 0.569. The van der Waals surface area contributed by atoms with Gasteiger partial charge in [0.1, 0.15) is 24.1 Å². The molecule has 5 aromatic rings. The van der Waals surface area contributed by atoms with Gasteiger partial charge < -0.3 is 14.4 Å². The van der Waals surface area contributed by atoms with Crippen molar-refractivity contribution in [3.63, 3.8) is 0 Å². The molecule has 0 aliphatic heterocycles. The van der Waals surface area contributed by atoms with Gasteiger partial charge in [0.05, 0.1) is 22.6 Å². The number of carbonyl (C=O) groups is 1. The van der Waals surface area contributed by atoms with Gasteiger partial charge in [-0.3, -0.25) is 14.2 Å². The number of anilines is 1. The number of aryl methyl sites for hydroxylation is 2. The molecule has 2 aromatic carbocycles. The molecule has 0 bridgehead atoms. The van der Waals surface area contributed by atoms with Crippen LogP contribution < -0.4 is 10.9 Å². The first kappa shape index (κ1) is 21.8. The summed E-state index contributed by atoms with van der Waals surface area (Å²) in [5, 5.41) is 7.93. The number of amides is 1. The number of para-hydroxylation sites is 1. The lowest BCUT2D eigenvalue weighted by atomic mass is 10.1. The zero-order valence-corrected chi connectivity index (χ0v) is 19.3. The van der Waals surface area contributed by atoms with Crippen LogP contribution in [0, 0.1) is 6.92 Å². The van der Waals surface area contributed by atoms with E-state index < -0.39 is 0 Å². The summed E-state index contributed by atoms with van der Waals surface area (Å²) < 4.78 is 8.34. The van der Waals surface area contributed by atoms with Crippen LogP contribution in [-0.4, -0.2) is 30.2 Å². The van der Waals surface area contributed by atoms with Gasteiger partial charge in [-0.25, -0.2) is 4.98 Å². The molecular formula is C24H21ClN6O3. The summed E-state index contributed by atoms with van der Waals surface area (Å²) in [6.45, 7) is 3.88. The quantitative estimate of drug-likeness (QED) is 0.397. The molecule has 1 amide bonds. The number of aromatic nitrogens is 5. The Balaban J connectivity index is 1.60. The highest BCUT2D eigenvalue weighted by Gasteiger charge is 2.20. The molecule has 0 aliphatic carbocycles. The van der Waals surface area contributed by atoms with Gasteiger partial charge in [-0.05, 0) is 31.2 Å². The summed E-state index contributed by atoms with van der Waals surface area (Å²) in [7, 11) is 0. The number of nitrogens with one attached hydrogen (secondary N) is 1. The topological polar surface area (TPSA) is 108 Å². The van der Waals surface area contributed by atoms with Crippen LogP contribution >= 0.6 is 11.6 Å². The summed E-state index contributed by atoms with van der Waals surface area (Å²) in [4.78, 5) is 35.3. The number of halogens is 1. The molecule has 0 radical (unpaired) electrons. The van der Waals surface area contributed by atoms with E-state index in [-0.39, 0.29) is 24.6 Å². The van der Waals surface area contributed by atoms with E-state index >= 15 is 0 Å². The Morgan fingerprint density at radius 2 is 2.03 bits per heavy atom. The fraction of sp³-hybridized carbons (Fsp3) is 0.208. The fourth-order valence-electron chi connectivity index (χ4n) is 3.93. The number of nitrogens with zero attached hydrogens (tertiary/aromatic N) is 5. The number of benzene rings is 2. The highest BCUT2D eigenvalue weighted by atomic mass is 35.5. The van der Waals surface area contributed by atoms with Crippen molar-refractivity contribution in [2.24, 2.45) is 0 Å². The van der Waals surface area contributed by atoms with Crippen molar-refractivity contribution in [3.8, 4) is 0 Å². The van der Waals surface area contributed by atoms with Gasteiger partial charge in [0.15, 0.2) is 5.82 Å². The number of hydrogen-bond acceptors (Lipinski definition) is 6. The van der Waals surface area contributed by atoms with Gasteiger partial charge in [0.25, 0.3) is 5.56 Å². The van der Waals surface area contributed by atoms with Gasteiger partial charge in [-0.1, -0.05) is 47.4 Å². The smallest absolute Gasteiger partial charge is 0.278 e. The van der Waals surface area contributed by atoms with Crippen molar-refractivity contribution in [3.05, 3.63) is 81.4 Å². The SMILES string of the molecule is CCc1noc(Cn2cnc3c4cc(C)ccc4n(CC(=O)Nc4ccccc4Cl)c3c2=O)n1. The second-order valence-electron chi connectivity index (χ2n) is 7.97. The van der Waals surface area contributed by atoms with E-state index in [2.05, 4.69) is 20.4 Å². The van der Waals surface area contributed by atoms with E-state index in [4.69, 9.17) is 16.1 Å². The van der Waals surface area contributed by atoms with Gasteiger partial charge in [-0.15, -0.1) is 0 Å².